The van der Waals surface area contributed by atoms with E-state index in [2.05, 4.69) is 5.32 Å². The fourth-order valence-corrected chi connectivity index (χ4v) is 5.49. The van der Waals surface area contributed by atoms with Crippen molar-refractivity contribution in [2.24, 2.45) is 0 Å². The summed E-state index contributed by atoms with van der Waals surface area (Å²) in [5.41, 5.74) is 1.88. The van der Waals surface area contributed by atoms with Crippen LogP contribution in [0.3, 0.4) is 0 Å². The molecule has 0 aliphatic carbocycles. The fourth-order valence-electron chi connectivity index (χ4n) is 4.26. The molecule has 2 atom stereocenters. The van der Waals surface area contributed by atoms with E-state index in [4.69, 9.17) is 0 Å². The standard InChI is InChI=1S/C31H39N3O4S/c1-4-25(2)32-31(36)29(23-26-15-8-5-9-16-26)34(24-27-17-10-6-11-18-27)30(35)21-14-22-33(3)39(37,38)28-19-12-7-13-20-28/h5-13,15-20,25,29H,4,14,21-24H2,1-3H3,(H,32,36)/t25-,29+/m1/s1. The molecule has 8 heteroatoms. The van der Waals surface area contributed by atoms with Crippen LogP contribution in [0.25, 0.3) is 0 Å². The van der Waals surface area contributed by atoms with Crippen molar-refractivity contribution in [2.75, 3.05) is 13.6 Å². The molecule has 0 fully saturated rings. The van der Waals surface area contributed by atoms with Gasteiger partial charge in [0, 0.05) is 39.0 Å². The van der Waals surface area contributed by atoms with E-state index >= 15 is 0 Å². The molecule has 3 aromatic carbocycles. The third kappa shape index (κ3) is 8.76. The predicted molar refractivity (Wildman–Crippen MR) is 154 cm³/mol. The molecular formula is C31H39N3O4S. The monoisotopic (exact) mass is 549 g/mol. The number of nitrogens with one attached hydrogen (secondary N) is 1. The molecule has 0 heterocycles. The third-order valence-electron chi connectivity index (χ3n) is 6.78. The van der Waals surface area contributed by atoms with Crippen LogP contribution in [0.15, 0.2) is 95.9 Å². The van der Waals surface area contributed by atoms with Gasteiger partial charge >= 0.3 is 0 Å². The smallest absolute Gasteiger partial charge is 0.243 e. The van der Waals surface area contributed by atoms with Crippen LogP contribution >= 0.6 is 0 Å². The van der Waals surface area contributed by atoms with Gasteiger partial charge in [0.2, 0.25) is 21.8 Å². The maximum absolute atomic E-state index is 13.7. The highest BCUT2D eigenvalue weighted by Crippen LogP contribution is 2.18. The molecular weight excluding hydrogens is 510 g/mol. The Morgan fingerprint density at radius 3 is 1.95 bits per heavy atom. The van der Waals surface area contributed by atoms with Gasteiger partial charge in [-0.05, 0) is 43.0 Å². The van der Waals surface area contributed by atoms with Gasteiger partial charge in [-0.2, -0.15) is 0 Å². The van der Waals surface area contributed by atoms with Crippen LogP contribution in [-0.4, -0.2) is 55.1 Å². The SMILES string of the molecule is CC[C@@H](C)NC(=O)[C@H](Cc1ccccc1)N(Cc1ccccc1)C(=O)CCCN(C)S(=O)(=O)c1ccccc1. The fraction of sp³-hybridized carbons (Fsp3) is 0.355. The van der Waals surface area contributed by atoms with E-state index in [1.807, 2.05) is 74.5 Å². The minimum Gasteiger partial charge on any atom is -0.352 e. The third-order valence-corrected chi connectivity index (χ3v) is 8.65. The number of sulfonamides is 1. The van der Waals surface area contributed by atoms with Crippen LogP contribution in [0.4, 0.5) is 0 Å². The first kappa shape index (κ1) is 30.1. The van der Waals surface area contributed by atoms with Gasteiger partial charge in [0.05, 0.1) is 4.90 Å². The molecule has 7 nitrogen and oxygen atoms in total. The molecule has 0 aliphatic rings. The summed E-state index contributed by atoms with van der Waals surface area (Å²) in [7, 11) is -2.13. The topological polar surface area (TPSA) is 86.8 Å². The summed E-state index contributed by atoms with van der Waals surface area (Å²) in [5, 5.41) is 3.06. The summed E-state index contributed by atoms with van der Waals surface area (Å²) < 4.78 is 27.1. The number of benzene rings is 3. The number of hydrogen-bond donors (Lipinski definition) is 1. The lowest BCUT2D eigenvalue weighted by molar-refractivity contribution is -0.141. The summed E-state index contributed by atoms with van der Waals surface area (Å²) in [6.07, 6.45) is 1.60. The summed E-state index contributed by atoms with van der Waals surface area (Å²) in [6, 6.07) is 26.8. The Kier molecular flexibility index (Phi) is 11.3. The highest BCUT2D eigenvalue weighted by molar-refractivity contribution is 7.89. The first-order valence-electron chi connectivity index (χ1n) is 13.4. The van der Waals surface area contributed by atoms with Crippen LogP contribution in [0, 0.1) is 0 Å². The molecule has 0 spiro atoms. The van der Waals surface area contributed by atoms with Gasteiger partial charge in [0.15, 0.2) is 0 Å². The van der Waals surface area contributed by atoms with E-state index < -0.39 is 16.1 Å². The number of rotatable bonds is 14. The molecule has 1 N–H and O–H groups in total. The lowest BCUT2D eigenvalue weighted by Gasteiger charge is -2.32. The summed E-state index contributed by atoms with van der Waals surface area (Å²) >= 11 is 0. The van der Waals surface area contributed by atoms with E-state index in [1.54, 1.807) is 35.2 Å². The molecule has 208 valence electrons. The second kappa shape index (κ2) is 14.6. The van der Waals surface area contributed by atoms with Crippen molar-refractivity contribution >= 4 is 21.8 Å². The normalized spacial score (nSPS) is 13.0. The molecule has 0 unspecified atom stereocenters. The Balaban J connectivity index is 1.81. The quantitative estimate of drug-likeness (QED) is 0.317. The van der Waals surface area contributed by atoms with Crippen LogP contribution in [0.2, 0.25) is 0 Å². The predicted octanol–water partition coefficient (Wildman–Crippen LogP) is 4.64. The zero-order valence-corrected chi connectivity index (χ0v) is 23.8. The molecule has 39 heavy (non-hydrogen) atoms. The van der Waals surface area contributed by atoms with Crippen molar-refractivity contribution in [3.8, 4) is 0 Å². The maximum atomic E-state index is 13.7. The molecule has 0 bridgehead atoms. The molecule has 0 radical (unpaired) electrons. The first-order valence-corrected chi connectivity index (χ1v) is 14.9. The minimum absolute atomic E-state index is 0.0266. The van der Waals surface area contributed by atoms with E-state index in [0.29, 0.717) is 12.8 Å². The lowest BCUT2D eigenvalue weighted by atomic mass is 10.0. The average molecular weight is 550 g/mol. The van der Waals surface area contributed by atoms with Crippen LogP contribution in [0.5, 0.6) is 0 Å². The van der Waals surface area contributed by atoms with Crippen LogP contribution in [0.1, 0.15) is 44.2 Å². The number of carbonyl (C=O) groups is 2. The summed E-state index contributed by atoms with van der Waals surface area (Å²) in [6.45, 7) is 4.42. The maximum Gasteiger partial charge on any atom is 0.243 e. The summed E-state index contributed by atoms with van der Waals surface area (Å²) in [4.78, 5) is 29.1. The van der Waals surface area contributed by atoms with E-state index in [9.17, 15) is 18.0 Å². The van der Waals surface area contributed by atoms with Gasteiger partial charge in [0.1, 0.15) is 6.04 Å². The number of amides is 2. The molecule has 0 aliphatic heterocycles. The van der Waals surface area contributed by atoms with Gasteiger partial charge in [-0.3, -0.25) is 9.59 Å². The second-order valence-electron chi connectivity index (χ2n) is 9.77. The zero-order chi connectivity index (χ0) is 28.3. The summed E-state index contributed by atoms with van der Waals surface area (Å²) in [5.74, 6) is -0.383. The Bertz CT molecular complexity index is 1290. The van der Waals surface area contributed by atoms with Crippen LogP contribution in [-0.2, 0) is 32.6 Å². The molecule has 0 aromatic heterocycles. The van der Waals surface area contributed by atoms with Crippen molar-refractivity contribution in [3.63, 3.8) is 0 Å². The number of nitrogens with zero attached hydrogens (tertiary/aromatic N) is 2. The molecule has 3 aromatic rings. The largest absolute Gasteiger partial charge is 0.352 e. The van der Waals surface area contributed by atoms with E-state index in [1.165, 1.54) is 11.4 Å². The van der Waals surface area contributed by atoms with Gasteiger partial charge in [-0.15, -0.1) is 0 Å². The highest BCUT2D eigenvalue weighted by Gasteiger charge is 2.31. The number of carbonyl (C=O) groups excluding carboxylic acids is 2. The number of hydrogen-bond acceptors (Lipinski definition) is 4. The van der Waals surface area contributed by atoms with Gasteiger partial charge in [0.25, 0.3) is 0 Å². The Morgan fingerprint density at radius 1 is 0.846 bits per heavy atom. The highest BCUT2D eigenvalue weighted by atomic mass is 32.2. The molecule has 3 rings (SSSR count). The second-order valence-corrected chi connectivity index (χ2v) is 11.8. The van der Waals surface area contributed by atoms with Crippen molar-refractivity contribution in [1.82, 2.24) is 14.5 Å². The lowest BCUT2D eigenvalue weighted by Crippen LogP contribution is -2.52. The van der Waals surface area contributed by atoms with Crippen molar-refractivity contribution in [3.05, 3.63) is 102 Å². The Labute approximate surface area is 232 Å². The van der Waals surface area contributed by atoms with Crippen molar-refractivity contribution < 1.29 is 18.0 Å². The van der Waals surface area contributed by atoms with Gasteiger partial charge in [-0.1, -0.05) is 85.8 Å². The van der Waals surface area contributed by atoms with Gasteiger partial charge < -0.3 is 10.2 Å². The molecule has 0 saturated heterocycles. The van der Waals surface area contributed by atoms with Gasteiger partial charge in [-0.25, -0.2) is 12.7 Å². The van der Waals surface area contributed by atoms with Crippen molar-refractivity contribution in [1.29, 1.82) is 0 Å². The van der Waals surface area contributed by atoms with E-state index in [-0.39, 0.29) is 42.3 Å². The molecule has 0 saturated carbocycles. The van der Waals surface area contributed by atoms with Crippen LogP contribution < -0.4 is 5.32 Å². The van der Waals surface area contributed by atoms with Crippen molar-refractivity contribution in [2.45, 2.75) is 63.1 Å². The van der Waals surface area contributed by atoms with E-state index in [0.717, 1.165) is 17.5 Å². The molecule has 2 amide bonds. The Morgan fingerprint density at radius 2 is 1.38 bits per heavy atom. The average Bonchev–Trinajstić information content (AvgIpc) is 2.96. The first-order chi connectivity index (χ1) is 18.7. The Hall–Kier alpha value is -3.49. The minimum atomic E-state index is -3.65. The zero-order valence-electron chi connectivity index (χ0n) is 23.0.